The number of aromatic nitrogens is 1. The second kappa shape index (κ2) is 5.79. The van der Waals surface area contributed by atoms with Crippen LogP contribution in [0.4, 0.5) is 0 Å². The highest BCUT2D eigenvalue weighted by molar-refractivity contribution is 9.10. The van der Waals surface area contributed by atoms with Crippen molar-refractivity contribution in [1.29, 1.82) is 0 Å². The Morgan fingerprint density at radius 3 is 2.59 bits per heavy atom. The van der Waals surface area contributed by atoms with E-state index >= 15 is 0 Å². The molecule has 92 valence electrons. The maximum atomic E-state index is 12.1. The van der Waals surface area contributed by atoms with E-state index in [0.717, 1.165) is 10.2 Å². The Kier molecular flexibility index (Phi) is 4.91. The molecule has 4 heteroatoms. The summed E-state index contributed by atoms with van der Waals surface area (Å²) in [5, 5.41) is 0. The molecule has 0 unspecified atom stereocenters. The SMILES string of the molecule is C#C[C@@H](C[S@](=O)C(C)(C)C)c1ccc(Br)cn1. The summed E-state index contributed by atoms with van der Waals surface area (Å²) in [6.07, 6.45) is 7.21. The molecule has 0 aliphatic rings. The summed E-state index contributed by atoms with van der Waals surface area (Å²) in [7, 11) is -0.967. The van der Waals surface area contributed by atoms with Crippen molar-refractivity contribution in [3.63, 3.8) is 0 Å². The van der Waals surface area contributed by atoms with Gasteiger partial charge in [0.05, 0.1) is 11.6 Å². The second-order valence-electron chi connectivity index (χ2n) is 4.75. The minimum atomic E-state index is -0.967. The van der Waals surface area contributed by atoms with Gasteiger partial charge < -0.3 is 0 Å². The fraction of sp³-hybridized carbons (Fsp3) is 0.462. The first-order valence-electron chi connectivity index (χ1n) is 5.30. The van der Waals surface area contributed by atoms with E-state index in [2.05, 4.69) is 26.8 Å². The Morgan fingerprint density at radius 1 is 1.53 bits per heavy atom. The number of pyridine rings is 1. The smallest absolute Gasteiger partial charge is 0.0737 e. The third-order valence-electron chi connectivity index (χ3n) is 2.31. The van der Waals surface area contributed by atoms with Crippen LogP contribution in [0, 0.1) is 12.3 Å². The third kappa shape index (κ3) is 4.25. The molecule has 1 aromatic rings. The number of terminal acetylenes is 1. The van der Waals surface area contributed by atoms with E-state index < -0.39 is 10.8 Å². The predicted molar refractivity (Wildman–Crippen MR) is 76.3 cm³/mol. The minimum absolute atomic E-state index is 0.192. The molecule has 0 saturated heterocycles. The summed E-state index contributed by atoms with van der Waals surface area (Å²) < 4.78 is 12.7. The Balaban J connectivity index is 2.84. The number of nitrogens with zero attached hydrogens (tertiary/aromatic N) is 1. The molecule has 0 saturated carbocycles. The van der Waals surface area contributed by atoms with Gasteiger partial charge in [-0.25, -0.2) is 0 Å². The Hall–Kier alpha value is -0.660. The second-order valence-corrected chi connectivity index (χ2v) is 7.91. The molecule has 1 aromatic heterocycles. The molecular formula is C13H16BrNOS. The number of halogens is 1. The Labute approximate surface area is 114 Å². The molecule has 0 aromatic carbocycles. The molecule has 0 aliphatic heterocycles. The lowest BCUT2D eigenvalue weighted by atomic mass is 10.1. The highest BCUT2D eigenvalue weighted by atomic mass is 79.9. The van der Waals surface area contributed by atoms with Crippen LogP contribution in [0.15, 0.2) is 22.8 Å². The van der Waals surface area contributed by atoms with E-state index in [9.17, 15) is 4.21 Å². The van der Waals surface area contributed by atoms with Crippen LogP contribution in [0.1, 0.15) is 32.4 Å². The maximum Gasteiger partial charge on any atom is 0.0737 e. The number of rotatable bonds is 3. The summed E-state index contributed by atoms with van der Waals surface area (Å²) >= 11 is 3.32. The summed E-state index contributed by atoms with van der Waals surface area (Å²) in [5.74, 6) is 2.93. The zero-order valence-electron chi connectivity index (χ0n) is 10.2. The minimum Gasteiger partial charge on any atom is -0.259 e. The summed E-state index contributed by atoms with van der Waals surface area (Å²) in [6, 6.07) is 3.77. The van der Waals surface area contributed by atoms with E-state index in [4.69, 9.17) is 6.42 Å². The van der Waals surface area contributed by atoms with Crippen molar-refractivity contribution in [2.45, 2.75) is 31.4 Å². The van der Waals surface area contributed by atoms with E-state index in [1.54, 1.807) is 6.20 Å². The van der Waals surface area contributed by atoms with Gasteiger partial charge in [-0.3, -0.25) is 9.19 Å². The van der Waals surface area contributed by atoms with Crippen molar-refractivity contribution in [2.75, 3.05) is 5.75 Å². The van der Waals surface area contributed by atoms with Gasteiger partial charge in [0.1, 0.15) is 0 Å². The average Bonchev–Trinajstić information content (AvgIpc) is 2.25. The van der Waals surface area contributed by atoms with Crippen molar-refractivity contribution in [2.24, 2.45) is 0 Å². The molecule has 1 rings (SSSR count). The van der Waals surface area contributed by atoms with Gasteiger partial charge in [-0.05, 0) is 48.8 Å². The van der Waals surface area contributed by atoms with Crippen LogP contribution in [0.25, 0.3) is 0 Å². The Bertz CT molecular complexity index is 442. The van der Waals surface area contributed by atoms with Crippen LogP contribution in [0.2, 0.25) is 0 Å². The van der Waals surface area contributed by atoms with Crippen LogP contribution in [-0.2, 0) is 10.8 Å². The molecule has 0 N–H and O–H groups in total. The first kappa shape index (κ1) is 14.4. The monoisotopic (exact) mass is 313 g/mol. The van der Waals surface area contributed by atoms with Crippen LogP contribution in [0.3, 0.4) is 0 Å². The van der Waals surface area contributed by atoms with Gasteiger partial charge >= 0.3 is 0 Å². The van der Waals surface area contributed by atoms with Gasteiger partial charge in [0.25, 0.3) is 0 Å². The van der Waals surface area contributed by atoms with Gasteiger partial charge in [0.15, 0.2) is 0 Å². The normalized spacial score (nSPS) is 15.0. The quantitative estimate of drug-likeness (QED) is 0.803. The van der Waals surface area contributed by atoms with Gasteiger partial charge in [-0.2, -0.15) is 0 Å². The van der Waals surface area contributed by atoms with Gasteiger partial charge in [0.2, 0.25) is 0 Å². The topological polar surface area (TPSA) is 30.0 Å². The summed E-state index contributed by atoms with van der Waals surface area (Å²) in [4.78, 5) is 4.26. The largest absolute Gasteiger partial charge is 0.259 e. The zero-order valence-corrected chi connectivity index (χ0v) is 12.6. The molecule has 0 spiro atoms. The van der Waals surface area contributed by atoms with Crippen LogP contribution < -0.4 is 0 Å². The van der Waals surface area contributed by atoms with E-state index in [0.29, 0.717) is 5.75 Å². The van der Waals surface area contributed by atoms with Crippen molar-refractivity contribution in [3.8, 4) is 12.3 Å². The molecule has 0 amide bonds. The van der Waals surface area contributed by atoms with Gasteiger partial charge in [-0.1, -0.05) is 5.92 Å². The van der Waals surface area contributed by atoms with Crippen LogP contribution in [-0.4, -0.2) is 19.7 Å². The molecule has 0 radical (unpaired) electrons. The van der Waals surface area contributed by atoms with Crippen LogP contribution >= 0.6 is 15.9 Å². The molecule has 0 bridgehead atoms. The molecule has 17 heavy (non-hydrogen) atoms. The third-order valence-corrected chi connectivity index (χ3v) is 4.78. The van der Waals surface area contributed by atoms with E-state index in [1.807, 2.05) is 32.9 Å². The fourth-order valence-electron chi connectivity index (χ4n) is 1.21. The van der Waals surface area contributed by atoms with Crippen LogP contribution in [0.5, 0.6) is 0 Å². The van der Waals surface area contributed by atoms with Gasteiger partial charge in [0, 0.05) is 32.0 Å². The van der Waals surface area contributed by atoms with Gasteiger partial charge in [-0.15, -0.1) is 6.42 Å². The number of hydrogen-bond donors (Lipinski definition) is 0. The molecule has 0 fully saturated rings. The zero-order chi connectivity index (χ0) is 13.1. The molecule has 2 atom stereocenters. The fourth-order valence-corrected chi connectivity index (χ4v) is 2.52. The highest BCUT2D eigenvalue weighted by Gasteiger charge is 2.23. The lowest BCUT2D eigenvalue weighted by molar-refractivity contribution is 0.645. The highest BCUT2D eigenvalue weighted by Crippen LogP contribution is 2.21. The van der Waals surface area contributed by atoms with Crippen molar-refractivity contribution >= 4 is 26.7 Å². The first-order chi connectivity index (χ1) is 7.84. The van der Waals surface area contributed by atoms with Crippen molar-refractivity contribution < 1.29 is 4.21 Å². The molecule has 2 nitrogen and oxygen atoms in total. The standard InChI is InChI=1S/C13H16BrNOS/c1-5-10(9-17(16)13(2,3)4)12-7-6-11(14)8-15-12/h1,6-8,10H,9H2,2-4H3/t10-,17-/m0/s1. The summed E-state index contributed by atoms with van der Waals surface area (Å²) in [6.45, 7) is 5.85. The Morgan fingerprint density at radius 2 is 2.18 bits per heavy atom. The molecular weight excluding hydrogens is 298 g/mol. The molecule has 1 heterocycles. The first-order valence-corrected chi connectivity index (χ1v) is 7.42. The number of hydrogen-bond acceptors (Lipinski definition) is 2. The van der Waals surface area contributed by atoms with Crippen molar-refractivity contribution in [3.05, 3.63) is 28.5 Å². The van der Waals surface area contributed by atoms with E-state index in [1.165, 1.54) is 0 Å². The predicted octanol–water partition coefficient (Wildman–Crippen LogP) is 3.11. The molecule has 0 aliphatic carbocycles. The summed E-state index contributed by atoms with van der Waals surface area (Å²) in [5.41, 5.74) is 0.799. The van der Waals surface area contributed by atoms with E-state index in [-0.39, 0.29) is 10.7 Å². The average molecular weight is 314 g/mol. The van der Waals surface area contributed by atoms with Crippen molar-refractivity contribution in [1.82, 2.24) is 4.98 Å². The lowest BCUT2D eigenvalue weighted by Crippen LogP contribution is -2.26. The maximum absolute atomic E-state index is 12.1. The lowest BCUT2D eigenvalue weighted by Gasteiger charge is -2.20.